The number of benzene rings is 1. The molecule has 124 valence electrons. The third-order valence-corrected chi connectivity index (χ3v) is 4.51. The minimum atomic E-state index is -4.40. The number of fused-ring (bicyclic) bond motifs is 1. The van der Waals surface area contributed by atoms with Crippen LogP contribution in [-0.2, 0) is 10.1 Å². The normalized spacial score (nSPS) is 13.8. The second kappa shape index (κ2) is 5.01. The highest BCUT2D eigenvalue weighted by Crippen LogP contribution is 2.25. The van der Waals surface area contributed by atoms with Crippen LogP contribution < -0.4 is 16.6 Å². The van der Waals surface area contributed by atoms with E-state index in [2.05, 4.69) is 5.32 Å². The Bertz CT molecular complexity index is 1080. The zero-order valence-corrected chi connectivity index (χ0v) is 13.0. The molecule has 0 atom stereocenters. The maximum absolute atomic E-state index is 12.3. The molecule has 2 aromatic rings. The average molecular weight is 349 g/mol. The van der Waals surface area contributed by atoms with Gasteiger partial charge < -0.3 is 5.73 Å². The predicted molar refractivity (Wildman–Crippen MR) is 82.8 cm³/mol. The minimum Gasteiger partial charge on any atom is -0.384 e. The maximum Gasteiger partial charge on any atom is 0.294 e. The predicted octanol–water partition coefficient (Wildman–Crippen LogP) is -0.142. The van der Waals surface area contributed by atoms with Gasteiger partial charge in [-0.3, -0.25) is 28.8 Å². The summed E-state index contributed by atoms with van der Waals surface area (Å²) in [6, 6.07) is 4.52. The molecule has 9 nitrogen and oxygen atoms in total. The molecular formula is C14H11N3O6S. The molecule has 2 amide bonds. The number of rotatable bonds is 2. The standard InChI is InChI=1S/C14H11N3O6S/c1-6-4-7(24(21,22)23)2-3-9(6)17-10(18)5-8-11(12(17)15)14(20)16-13(8)19/h2-5H,15H2,1H3,(H,16,19,20)(H,21,22,23). The van der Waals surface area contributed by atoms with Gasteiger partial charge in [0, 0.05) is 6.07 Å². The Labute approximate surface area is 135 Å². The third kappa shape index (κ3) is 2.28. The van der Waals surface area contributed by atoms with Crippen LogP contribution in [0, 0.1) is 6.92 Å². The Morgan fingerprint density at radius 1 is 1.12 bits per heavy atom. The number of nitrogens with two attached hydrogens (primary N) is 1. The van der Waals surface area contributed by atoms with Crippen molar-refractivity contribution >= 4 is 27.8 Å². The van der Waals surface area contributed by atoms with E-state index in [0.29, 0.717) is 5.56 Å². The molecule has 0 saturated heterocycles. The van der Waals surface area contributed by atoms with Gasteiger partial charge >= 0.3 is 0 Å². The first kappa shape index (κ1) is 15.9. The second-order valence-corrected chi connectivity index (χ2v) is 6.62. The van der Waals surface area contributed by atoms with E-state index < -0.39 is 27.5 Å². The maximum atomic E-state index is 12.3. The first-order valence-corrected chi connectivity index (χ1v) is 8.05. The van der Waals surface area contributed by atoms with Crippen LogP contribution in [0.3, 0.4) is 0 Å². The van der Waals surface area contributed by atoms with Crippen LogP contribution in [-0.4, -0.2) is 29.4 Å². The molecule has 0 aliphatic carbocycles. The van der Waals surface area contributed by atoms with Gasteiger partial charge in [-0.15, -0.1) is 0 Å². The molecular weight excluding hydrogens is 338 g/mol. The second-order valence-electron chi connectivity index (χ2n) is 5.20. The van der Waals surface area contributed by atoms with Gasteiger partial charge in [-0.1, -0.05) is 0 Å². The van der Waals surface area contributed by atoms with E-state index in [1.165, 1.54) is 13.0 Å². The third-order valence-electron chi connectivity index (χ3n) is 3.66. The minimum absolute atomic E-state index is 0.106. The van der Waals surface area contributed by atoms with Gasteiger partial charge in [0.15, 0.2) is 0 Å². The lowest BCUT2D eigenvalue weighted by Gasteiger charge is -2.14. The summed E-state index contributed by atoms with van der Waals surface area (Å²) in [5.41, 5.74) is 5.57. The van der Waals surface area contributed by atoms with Crippen LogP contribution in [0.2, 0.25) is 0 Å². The number of aryl methyl sites for hydroxylation is 1. The van der Waals surface area contributed by atoms with Gasteiger partial charge in [0.1, 0.15) is 5.82 Å². The van der Waals surface area contributed by atoms with Crippen LogP contribution in [0.4, 0.5) is 5.82 Å². The van der Waals surface area contributed by atoms with Crippen molar-refractivity contribution in [3.8, 4) is 5.69 Å². The number of aromatic nitrogens is 1. The van der Waals surface area contributed by atoms with Crippen molar-refractivity contribution in [2.24, 2.45) is 0 Å². The Morgan fingerprint density at radius 2 is 1.79 bits per heavy atom. The van der Waals surface area contributed by atoms with E-state index in [0.717, 1.165) is 22.8 Å². The summed E-state index contributed by atoms with van der Waals surface area (Å²) in [7, 11) is -4.40. The van der Waals surface area contributed by atoms with E-state index in [1.54, 1.807) is 0 Å². The fraction of sp³-hybridized carbons (Fsp3) is 0.0714. The molecule has 2 heterocycles. The highest BCUT2D eigenvalue weighted by molar-refractivity contribution is 7.85. The summed E-state index contributed by atoms with van der Waals surface area (Å²) in [6.45, 7) is 1.51. The number of imide groups is 1. The number of hydrogen-bond acceptors (Lipinski definition) is 6. The first-order valence-electron chi connectivity index (χ1n) is 6.61. The zero-order valence-electron chi connectivity index (χ0n) is 12.2. The van der Waals surface area contributed by atoms with Crippen molar-refractivity contribution in [1.82, 2.24) is 9.88 Å². The number of carbonyl (C=O) groups excluding carboxylic acids is 2. The highest BCUT2D eigenvalue weighted by Gasteiger charge is 2.32. The molecule has 1 aliphatic heterocycles. The number of carbonyl (C=O) groups is 2. The molecule has 1 aliphatic rings. The van der Waals surface area contributed by atoms with Crippen LogP contribution in [0.15, 0.2) is 34.0 Å². The van der Waals surface area contributed by atoms with Crippen LogP contribution in [0.5, 0.6) is 0 Å². The molecule has 0 saturated carbocycles. The molecule has 0 spiro atoms. The fourth-order valence-corrected chi connectivity index (χ4v) is 3.13. The first-order chi connectivity index (χ1) is 11.1. The molecule has 24 heavy (non-hydrogen) atoms. The van der Waals surface area contributed by atoms with Gasteiger partial charge in [-0.2, -0.15) is 8.42 Å². The molecule has 1 aromatic heterocycles. The van der Waals surface area contributed by atoms with E-state index in [1.807, 2.05) is 0 Å². The number of nitrogens with one attached hydrogen (secondary N) is 1. The molecule has 0 fully saturated rings. The topological polar surface area (TPSA) is 149 Å². The van der Waals surface area contributed by atoms with Crippen molar-refractivity contribution in [1.29, 1.82) is 0 Å². The van der Waals surface area contributed by atoms with Crippen molar-refractivity contribution < 1.29 is 22.6 Å². The smallest absolute Gasteiger partial charge is 0.294 e. The number of pyridine rings is 1. The Balaban J connectivity index is 2.29. The lowest BCUT2D eigenvalue weighted by molar-refractivity contribution is 0.0880. The molecule has 0 radical (unpaired) electrons. The van der Waals surface area contributed by atoms with Crippen LogP contribution >= 0.6 is 0 Å². The molecule has 1 aromatic carbocycles. The summed E-state index contributed by atoms with van der Waals surface area (Å²) in [6.07, 6.45) is 0. The lowest BCUT2D eigenvalue weighted by atomic mass is 10.1. The monoisotopic (exact) mass is 349 g/mol. The lowest BCUT2D eigenvalue weighted by Crippen LogP contribution is -2.24. The average Bonchev–Trinajstić information content (AvgIpc) is 2.74. The number of nitrogens with zero attached hydrogens (tertiary/aromatic N) is 1. The van der Waals surface area contributed by atoms with Crippen molar-refractivity contribution in [3.63, 3.8) is 0 Å². The summed E-state index contributed by atoms with van der Waals surface area (Å²) in [5.74, 6) is -1.65. The van der Waals surface area contributed by atoms with Gasteiger partial charge in [-0.05, 0) is 30.7 Å². The number of nitrogen functional groups attached to an aromatic ring is 1. The summed E-state index contributed by atoms with van der Waals surface area (Å²) < 4.78 is 32.4. The number of amides is 2. The summed E-state index contributed by atoms with van der Waals surface area (Å²) in [5, 5.41) is 2.05. The fourth-order valence-electron chi connectivity index (χ4n) is 2.57. The summed E-state index contributed by atoms with van der Waals surface area (Å²) in [4.78, 5) is 35.4. The quantitative estimate of drug-likeness (QED) is 0.504. The van der Waals surface area contributed by atoms with Crippen LogP contribution in [0.1, 0.15) is 26.3 Å². The van der Waals surface area contributed by atoms with Gasteiger partial charge in [0.05, 0.1) is 21.7 Å². The SMILES string of the molecule is Cc1cc(S(=O)(=O)O)ccc1-n1c(N)c2c(cc1=O)C(=O)NC2=O. The molecule has 4 N–H and O–H groups in total. The van der Waals surface area contributed by atoms with E-state index in [-0.39, 0.29) is 27.5 Å². The molecule has 3 rings (SSSR count). The van der Waals surface area contributed by atoms with E-state index >= 15 is 0 Å². The Hall–Kier alpha value is -2.98. The molecule has 10 heteroatoms. The molecule has 0 unspecified atom stereocenters. The van der Waals surface area contributed by atoms with Crippen LogP contribution in [0.25, 0.3) is 5.69 Å². The number of anilines is 1. The van der Waals surface area contributed by atoms with Gasteiger partial charge in [0.25, 0.3) is 27.5 Å². The molecule has 0 bridgehead atoms. The number of hydrogen-bond donors (Lipinski definition) is 3. The summed E-state index contributed by atoms with van der Waals surface area (Å²) >= 11 is 0. The van der Waals surface area contributed by atoms with Gasteiger partial charge in [0.2, 0.25) is 0 Å². The van der Waals surface area contributed by atoms with Crippen molar-refractivity contribution in [2.75, 3.05) is 5.73 Å². The van der Waals surface area contributed by atoms with Gasteiger partial charge in [-0.25, -0.2) is 0 Å². The van der Waals surface area contributed by atoms with Crippen molar-refractivity contribution in [3.05, 3.63) is 51.3 Å². The highest BCUT2D eigenvalue weighted by atomic mass is 32.2. The zero-order chi connectivity index (χ0) is 17.8. The largest absolute Gasteiger partial charge is 0.384 e. The van der Waals surface area contributed by atoms with E-state index in [4.69, 9.17) is 10.3 Å². The Morgan fingerprint density at radius 3 is 2.38 bits per heavy atom. The Kier molecular flexibility index (Phi) is 3.32. The van der Waals surface area contributed by atoms with E-state index in [9.17, 15) is 22.8 Å². The van der Waals surface area contributed by atoms with Crippen molar-refractivity contribution in [2.45, 2.75) is 11.8 Å².